The molecule has 2 aromatic carbocycles. The molecule has 2 heterocycles. The quantitative estimate of drug-likeness (QED) is 0.648. The molecule has 0 saturated carbocycles. The van der Waals surface area contributed by atoms with Crippen LogP contribution in [0.4, 0.5) is 0 Å². The van der Waals surface area contributed by atoms with E-state index in [1.165, 1.54) is 0 Å². The van der Waals surface area contributed by atoms with Crippen LogP contribution < -0.4 is 5.73 Å². The predicted octanol–water partition coefficient (Wildman–Crippen LogP) is 4.44. The number of carbonyl (C=O) groups is 1. The number of hydrogen-bond acceptors (Lipinski definition) is 4. The van der Waals surface area contributed by atoms with Crippen LogP contribution in [-0.2, 0) is 6.54 Å². The molecule has 0 bridgehead atoms. The Kier molecular flexibility index (Phi) is 6.43. The summed E-state index contributed by atoms with van der Waals surface area (Å²) in [5.74, 6) is 0.585. The van der Waals surface area contributed by atoms with Gasteiger partial charge in [-0.3, -0.25) is 9.78 Å². The van der Waals surface area contributed by atoms with Crippen LogP contribution in [-0.4, -0.2) is 34.0 Å². The van der Waals surface area contributed by atoms with Gasteiger partial charge in [-0.05, 0) is 59.2 Å². The Balaban J connectivity index is 1.41. The third kappa shape index (κ3) is 5.19. The highest BCUT2D eigenvalue weighted by atomic mass is 16.3. The van der Waals surface area contributed by atoms with E-state index in [4.69, 9.17) is 5.73 Å². The molecule has 1 aliphatic heterocycles. The minimum absolute atomic E-state index is 0.0134. The molecule has 0 radical (unpaired) electrons. The molecule has 0 unspecified atom stereocenters. The first-order valence-corrected chi connectivity index (χ1v) is 10.6. The molecule has 3 aromatic rings. The van der Waals surface area contributed by atoms with E-state index in [1.54, 1.807) is 18.5 Å². The van der Waals surface area contributed by atoms with Gasteiger partial charge in [0.05, 0.1) is 5.56 Å². The summed E-state index contributed by atoms with van der Waals surface area (Å²) < 4.78 is 0. The highest BCUT2D eigenvalue weighted by molar-refractivity contribution is 5.94. The first kappa shape index (κ1) is 20.8. The second-order valence-corrected chi connectivity index (χ2v) is 7.95. The normalized spacial score (nSPS) is 14.8. The van der Waals surface area contributed by atoms with Gasteiger partial charge in [0.15, 0.2) is 0 Å². The number of benzene rings is 2. The van der Waals surface area contributed by atoms with Crippen molar-refractivity contribution in [3.05, 3.63) is 94.8 Å². The zero-order chi connectivity index (χ0) is 21.6. The van der Waals surface area contributed by atoms with Crippen LogP contribution in [0, 0.1) is 0 Å². The van der Waals surface area contributed by atoms with Crippen molar-refractivity contribution < 1.29 is 9.90 Å². The molecule has 0 spiro atoms. The summed E-state index contributed by atoms with van der Waals surface area (Å²) in [6.45, 7) is 1.77. The molecule has 1 amide bonds. The number of phenolic OH excluding ortho intramolecular Hbond substituents is 1. The number of pyridine rings is 1. The number of nitrogens with two attached hydrogens (primary N) is 1. The minimum atomic E-state index is 0.0134. The van der Waals surface area contributed by atoms with E-state index in [1.807, 2.05) is 59.5 Å². The number of amides is 1. The minimum Gasteiger partial charge on any atom is -0.508 e. The van der Waals surface area contributed by atoms with E-state index in [0.29, 0.717) is 31.1 Å². The number of carbonyl (C=O) groups excluding carboxylic acids is 1. The molecule has 31 heavy (non-hydrogen) atoms. The molecule has 1 fully saturated rings. The van der Waals surface area contributed by atoms with Crippen molar-refractivity contribution in [1.82, 2.24) is 9.88 Å². The fourth-order valence-corrected chi connectivity index (χ4v) is 4.07. The van der Waals surface area contributed by atoms with Crippen molar-refractivity contribution in [3.8, 4) is 5.75 Å². The van der Waals surface area contributed by atoms with E-state index >= 15 is 0 Å². The Morgan fingerprint density at radius 1 is 1.03 bits per heavy atom. The Morgan fingerprint density at radius 3 is 2.52 bits per heavy atom. The number of nitrogens with zero attached hydrogens (tertiary/aromatic N) is 2. The van der Waals surface area contributed by atoms with Gasteiger partial charge >= 0.3 is 0 Å². The zero-order valence-electron chi connectivity index (χ0n) is 17.4. The fraction of sp³-hybridized carbons (Fsp3) is 0.231. The molecule has 5 heteroatoms. The first-order chi connectivity index (χ1) is 15.1. The number of aromatic nitrogens is 1. The number of piperidine rings is 1. The summed E-state index contributed by atoms with van der Waals surface area (Å²) in [5, 5.41) is 9.95. The molecule has 1 aromatic heterocycles. The average molecular weight is 414 g/mol. The average Bonchev–Trinajstić information content (AvgIpc) is 2.83. The molecule has 1 aliphatic rings. The fourth-order valence-electron chi connectivity index (χ4n) is 4.07. The smallest absolute Gasteiger partial charge is 0.255 e. The SMILES string of the molecule is NCc1cc(O)cc(C2CCN(C(=O)c3cncc(C=Cc4ccccc4)c3)CC2)c1. The number of rotatable bonds is 5. The predicted molar refractivity (Wildman–Crippen MR) is 123 cm³/mol. The Labute approximate surface area is 182 Å². The topological polar surface area (TPSA) is 79.5 Å². The third-order valence-electron chi connectivity index (χ3n) is 5.76. The maximum absolute atomic E-state index is 13.0. The molecule has 0 aliphatic carbocycles. The Morgan fingerprint density at radius 2 is 1.77 bits per heavy atom. The van der Waals surface area contributed by atoms with Crippen LogP contribution in [0.15, 0.2) is 67.0 Å². The van der Waals surface area contributed by atoms with Gasteiger partial charge in [-0.15, -0.1) is 0 Å². The Bertz CT molecular complexity index is 1070. The van der Waals surface area contributed by atoms with Gasteiger partial charge in [-0.1, -0.05) is 48.6 Å². The van der Waals surface area contributed by atoms with Crippen LogP contribution in [0.1, 0.15) is 51.4 Å². The van der Waals surface area contributed by atoms with Crippen molar-refractivity contribution in [2.45, 2.75) is 25.3 Å². The maximum atomic E-state index is 13.0. The lowest BCUT2D eigenvalue weighted by molar-refractivity contribution is 0.0712. The maximum Gasteiger partial charge on any atom is 0.255 e. The van der Waals surface area contributed by atoms with E-state index in [9.17, 15) is 9.90 Å². The summed E-state index contributed by atoms with van der Waals surface area (Å²) >= 11 is 0. The van der Waals surface area contributed by atoms with Gasteiger partial charge in [0.1, 0.15) is 5.75 Å². The monoisotopic (exact) mass is 413 g/mol. The van der Waals surface area contributed by atoms with Gasteiger partial charge in [0.2, 0.25) is 0 Å². The van der Waals surface area contributed by atoms with E-state index < -0.39 is 0 Å². The number of hydrogen-bond donors (Lipinski definition) is 2. The van der Waals surface area contributed by atoms with Crippen LogP contribution >= 0.6 is 0 Å². The highest BCUT2D eigenvalue weighted by Crippen LogP contribution is 2.31. The van der Waals surface area contributed by atoms with Crippen molar-refractivity contribution in [2.24, 2.45) is 5.73 Å². The van der Waals surface area contributed by atoms with Crippen molar-refractivity contribution >= 4 is 18.1 Å². The second-order valence-electron chi connectivity index (χ2n) is 7.95. The van der Waals surface area contributed by atoms with E-state index in [2.05, 4.69) is 11.1 Å². The zero-order valence-corrected chi connectivity index (χ0v) is 17.4. The standard InChI is InChI=1S/C26H27N3O2/c27-16-21-13-23(15-25(30)14-21)22-8-10-29(11-9-22)26(31)24-12-20(17-28-18-24)7-6-19-4-2-1-3-5-19/h1-7,12-15,17-18,22,30H,8-11,16,27H2. The number of phenols is 1. The van der Waals surface area contributed by atoms with Crippen LogP contribution in [0.25, 0.3) is 12.2 Å². The summed E-state index contributed by atoms with van der Waals surface area (Å²) in [6, 6.07) is 17.5. The lowest BCUT2D eigenvalue weighted by Crippen LogP contribution is -2.38. The molecule has 1 saturated heterocycles. The lowest BCUT2D eigenvalue weighted by Gasteiger charge is -2.32. The molecule has 3 N–H and O–H groups in total. The second kappa shape index (κ2) is 9.58. The molecule has 4 rings (SSSR count). The van der Waals surface area contributed by atoms with Crippen molar-refractivity contribution in [2.75, 3.05) is 13.1 Å². The van der Waals surface area contributed by atoms with Gasteiger partial charge in [-0.2, -0.15) is 0 Å². The van der Waals surface area contributed by atoms with Crippen LogP contribution in [0.5, 0.6) is 5.75 Å². The largest absolute Gasteiger partial charge is 0.508 e. The third-order valence-corrected chi connectivity index (χ3v) is 5.76. The van der Waals surface area contributed by atoms with Gasteiger partial charge in [-0.25, -0.2) is 0 Å². The number of likely N-dealkylation sites (tertiary alicyclic amines) is 1. The van der Waals surface area contributed by atoms with Gasteiger partial charge in [0, 0.05) is 32.0 Å². The van der Waals surface area contributed by atoms with Gasteiger partial charge in [0.25, 0.3) is 5.91 Å². The van der Waals surface area contributed by atoms with Crippen LogP contribution in [0.3, 0.4) is 0 Å². The summed E-state index contributed by atoms with van der Waals surface area (Å²) in [5.41, 5.74) is 10.4. The summed E-state index contributed by atoms with van der Waals surface area (Å²) in [6.07, 6.45) is 9.11. The molecular formula is C26H27N3O2. The van der Waals surface area contributed by atoms with Gasteiger partial charge < -0.3 is 15.7 Å². The van der Waals surface area contributed by atoms with E-state index in [-0.39, 0.29) is 11.7 Å². The summed E-state index contributed by atoms with van der Waals surface area (Å²) in [7, 11) is 0. The molecule has 158 valence electrons. The summed E-state index contributed by atoms with van der Waals surface area (Å²) in [4.78, 5) is 19.2. The van der Waals surface area contributed by atoms with Crippen LogP contribution in [0.2, 0.25) is 0 Å². The Hall–Kier alpha value is -3.44. The van der Waals surface area contributed by atoms with E-state index in [0.717, 1.165) is 35.1 Å². The van der Waals surface area contributed by atoms with Crippen molar-refractivity contribution in [1.29, 1.82) is 0 Å². The van der Waals surface area contributed by atoms with Crippen molar-refractivity contribution in [3.63, 3.8) is 0 Å². The molecular weight excluding hydrogens is 386 g/mol. The number of aromatic hydroxyl groups is 1. The first-order valence-electron chi connectivity index (χ1n) is 10.6. The lowest BCUT2D eigenvalue weighted by atomic mass is 9.88. The highest BCUT2D eigenvalue weighted by Gasteiger charge is 2.25. The molecule has 0 atom stereocenters. The molecule has 5 nitrogen and oxygen atoms in total.